The van der Waals surface area contributed by atoms with E-state index in [2.05, 4.69) is 5.32 Å². The van der Waals surface area contributed by atoms with Crippen molar-refractivity contribution >= 4 is 23.4 Å². The fraction of sp³-hybridized carbons (Fsp3) is 0.389. The quantitative estimate of drug-likeness (QED) is 0.685. The number of nitrogens with one attached hydrogen (secondary N) is 1. The number of likely N-dealkylation sites (tertiary alicyclic amines) is 1. The summed E-state index contributed by atoms with van der Waals surface area (Å²) in [6.45, 7) is 2.11. The van der Waals surface area contributed by atoms with Crippen LogP contribution >= 0.6 is 0 Å². The van der Waals surface area contributed by atoms with Gasteiger partial charge in [0.2, 0.25) is 17.7 Å². The smallest absolute Gasteiger partial charge is 0.233 e. The van der Waals surface area contributed by atoms with Crippen LogP contribution in [-0.4, -0.2) is 29.2 Å². The Bertz CT molecular complexity index is 655. The van der Waals surface area contributed by atoms with Crippen LogP contribution in [0.4, 0.5) is 5.69 Å². The molecule has 2 atom stereocenters. The first-order valence-corrected chi connectivity index (χ1v) is 7.93. The summed E-state index contributed by atoms with van der Waals surface area (Å²) in [6.07, 6.45) is 5.29. The molecule has 3 rings (SSSR count). The van der Waals surface area contributed by atoms with Gasteiger partial charge in [-0.05, 0) is 37.5 Å². The minimum atomic E-state index is -0.229. The van der Waals surface area contributed by atoms with Crippen LogP contribution in [0.3, 0.4) is 0 Å². The van der Waals surface area contributed by atoms with Gasteiger partial charge in [0.05, 0.1) is 11.8 Å². The van der Waals surface area contributed by atoms with E-state index in [1.165, 1.54) is 4.90 Å². The van der Waals surface area contributed by atoms with Gasteiger partial charge in [-0.3, -0.25) is 19.3 Å². The third-order valence-electron chi connectivity index (χ3n) is 4.46. The number of amides is 3. The molecule has 0 spiro atoms. The number of nitrogens with zero attached hydrogens (tertiary/aromatic N) is 1. The predicted molar refractivity (Wildman–Crippen MR) is 86.5 cm³/mol. The number of carbonyl (C=O) groups excluding carboxylic acids is 3. The summed E-state index contributed by atoms with van der Waals surface area (Å²) in [7, 11) is 0. The molecule has 1 aliphatic heterocycles. The van der Waals surface area contributed by atoms with E-state index < -0.39 is 0 Å². The average molecular weight is 312 g/mol. The highest BCUT2D eigenvalue weighted by atomic mass is 16.2. The van der Waals surface area contributed by atoms with Crippen molar-refractivity contribution in [1.29, 1.82) is 0 Å². The fourth-order valence-corrected chi connectivity index (χ4v) is 3.25. The summed E-state index contributed by atoms with van der Waals surface area (Å²) in [4.78, 5) is 37.9. The predicted octanol–water partition coefficient (Wildman–Crippen LogP) is 2.27. The molecule has 120 valence electrons. The van der Waals surface area contributed by atoms with Crippen molar-refractivity contribution < 1.29 is 14.4 Å². The lowest BCUT2D eigenvalue weighted by Gasteiger charge is -2.14. The van der Waals surface area contributed by atoms with Gasteiger partial charge >= 0.3 is 0 Å². The molecule has 0 unspecified atom stereocenters. The molecular formula is C18H20N2O3. The molecule has 1 fully saturated rings. The number of hydrogen-bond donors (Lipinski definition) is 1. The molecular weight excluding hydrogens is 292 g/mol. The number of hydrogen-bond acceptors (Lipinski definition) is 3. The zero-order chi connectivity index (χ0) is 16.4. The number of allylic oxidation sites excluding steroid dienone is 2. The third kappa shape index (κ3) is 3.18. The highest BCUT2D eigenvalue weighted by Gasteiger charge is 2.46. The zero-order valence-corrected chi connectivity index (χ0v) is 13.1. The van der Waals surface area contributed by atoms with Crippen molar-refractivity contribution in [3.8, 4) is 0 Å². The molecule has 5 nitrogen and oxygen atoms in total. The van der Waals surface area contributed by atoms with Crippen LogP contribution in [0.2, 0.25) is 0 Å². The normalized spacial score (nSPS) is 23.1. The number of aryl methyl sites for hydroxylation is 1. The number of anilines is 1. The fourth-order valence-electron chi connectivity index (χ4n) is 3.25. The van der Waals surface area contributed by atoms with Crippen molar-refractivity contribution in [3.05, 3.63) is 42.0 Å². The summed E-state index contributed by atoms with van der Waals surface area (Å²) in [6, 6.07) is 7.52. The van der Waals surface area contributed by atoms with Crippen molar-refractivity contribution in [1.82, 2.24) is 4.90 Å². The van der Waals surface area contributed by atoms with Gasteiger partial charge in [0.15, 0.2) is 0 Å². The lowest BCUT2D eigenvalue weighted by atomic mass is 9.85. The monoisotopic (exact) mass is 312 g/mol. The Morgan fingerprint density at radius 1 is 1.17 bits per heavy atom. The van der Waals surface area contributed by atoms with Gasteiger partial charge in [-0.2, -0.15) is 0 Å². The molecule has 0 bridgehead atoms. The summed E-state index contributed by atoms with van der Waals surface area (Å²) in [5.41, 5.74) is 1.79. The van der Waals surface area contributed by atoms with Crippen LogP contribution < -0.4 is 5.32 Å². The molecule has 5 heteroatoms. The first kappa shape index (κ1) is 15.5. The molecule has 2 aliphatic rings. The van der Waals surface area contributed by atoms with Crippen molar-refractivity contribution in [3.63, 3.8) is 0 Å². The Kier molecular flexibility index (Phi) is 4.28. The molecule has 1 heterocycles. The average Bonchev–Trinajstić information content (AvgIpc) is 2.77. The molecule has 1 aromatic rings. The Morgan fingerprint density at radius 2 is 1.83 bits per heavy atom. The van der Waals surface area contributed by atoms with Crippen LogP contribution in [0.5, 0.6) is 0 Å². The Labute approximate surface area is 135 Å². The standard InChI is InChI=1S/C18H20N2O3/c1-12-5-4-6-13(11-12)19-16(21)9-10-20-17(22)14-7-2-3-8-15(14)18(20)23/h2-6,11,14-15H,7-10H2,1H3,(H,19,21)/t14-,15-/m0/s1. The highest BCUT2D eigenvalue weighted by Crippen LogP contribution is 2.34. The molecule has 0 aromatic heterocycles. The number of rotatable bonds is 4. The zero-order valence-electron chi connectivity index (χ0n) is 13.1. The van der Waals surface area contributed by atoms with Gasteiger partial charge in [-0.15, -0.1) is 0 Å². The van der Waals surface area contributed by atoms with Gasteiger partial charge in [-0.25, -0.2) is 0 Å². The molecule has 0 radical (unpaired) electrons. The summed E-state index contributed by atoms with van der Waals surface area (Å²) in [5, 5.41) is 2.80. The SMILES string of the molecule is Cc1cccc(NC(=O)CCN2C(=O)[C@H]3CC=CC[C@@H]3C2=O)c1. The molecule has 0 saturated carbocycles. The first-order valence-electron chi connectivity index (χ1n) is 7.93. The van der Waals surface area contributed by atoms with E-state index in [1.807, 2.05) is 43.3 Å². The minimum Gasteiger partial charge on any atom is -0.326 e. The minimum absolute atomic E-state index is 0.123. The molecule has 1 N–H and O–H groups in total. The van der Waals surface area contributed by atoms with Crippen LogP contribution in [0, 0.1) is 18.8 Å². The van der Waals surface area contributed by atoms with E-state index in [-0.39, 0.29) is 42.5 Å². The molecule has 23 heavy (non-hydrogen) atoms. The Morgan fingerprint density at radius 3 is 2.43 bits per heavy atom. The van der Waals surface area contributed by atoms with Crippen molar-refractivity contribution in [2.24, 2.45) is 11.8 Å². The second-order valence-corrected chi connectivity index (χ2v) is 6.15. The van der Waals surface area contributed by atoms with Gasteiger partial charge < -0.3 is 5.32 Å². The van der Waals surface area contributed by atoms with Crippen LogP contribution in [0.15, 0.2) is 36.4 Å². The van der Waals surface area contributed by atoms with E-state index in [4.69, 9.17) is 0 Å². The second kappa shape index (κ2) is 6.36. The number of carbonyl (C=O) groups is 3. The van der Waals surface area contributed by atoms with Gasteiger partial charge in [0.25, 0.3) is 0 Å². The van der Waals surface area contributed by atoms with E-state index in [1.54, 1.807) is 0 Å². The topological polar surface area (TPSA) is 66.5 Å². The maximum absolute atomic E-state index is 12.3. The van der Waals surface area contributed by atoms with E-state index in [0.29, 0.717) is 12.8 Å². The Balaban J connectivity index is 1.57. The third-order valence-corrected chi connectivity index (χ3v) is 4.46. The lowest BCUT2D eigenvalue weighted by molar-refractivity contribution is -0.140. The summed E-state index contributed by atoms with van der Waals surface area (Å²) in [5.74, 6) is -0.913. The summed E-state index contributed by atoms with van der Waals surface area (Å²) >= 11 is 0. The molecule has 1 aliphatic carbocycles. The van der Waals surface area contributed by atoms with E-state index >= 15 is 0 Å². The number of fused-ring (bicyclic) bond motifs is 1. The number of imide groups is 1. The van der Waals surface area contributed by atoms with Gasteiger partial charge in [0, 0.05) is 18.7 Å². The van der Waals surface area contributed by atoms with E-state index in [9.17, 15) is 14.4 Å². The maximum Gasteiger partial charge on any atom is 0.233 e. The van der Waals surface area contributed by atoms with Crippen LogP contribution in [0.25, 0.3) is 0 Å². The van der Waals surface area contributed by atoms with Crippen LogP contribution in [0.1, 0.15) is 24.8 Å². The first-order chi connectivity index (χ1) is 11.1. The largest absolute Gasteiger partial charge is 0.326 e. The van der Waals surface area contributed by atoms with Crippen molar-refractivity contribution in [2.75, 3.05) is 11.9 Å². The molecule has 1 aromatic carbocycles. The lowest BCUT2D eigenvalue weighted by Crippen LogP contribution is -2.34. The van der Waals surface area contributed by atoms with E-state index in [0.717, 1.165) is 11.3 Å². The molecule has 3 amide bonds. The van der Waals surface area contributed by atoms with Gasteiger partial charge in [0.1, 0.15) is 0 Å². The van der Waals surface area contributed by atoms with Crippen molar-refractivity contribution in [2.45, 2.75) is 26.2 Å². The van der Waals surface area contributed by atoms with Crippen LogP contribution in [-0.2, 0) is 14.4 Å². The second-order valence-electron chi connectivity index (χ2n) is 6.15. The summed E-state index contributed by atoms with van der Waals surface area (Å²) < 4.78 is 0. The highest BCUT2D eigenvalue weighted by molar-refractivity contribution is 6.05. The maximum atomic E-state index is 12.3. The Hall–Kier alpha value is -2.43. The van der Waals surface area contributed by atoms with Gasteiger partial charge in [-0.1, -0.05) is 24.3 Å². The molecule has 1 saturated heterocycles. The number of benzene rings is 1.